The third kappa shape index (κ3) is 6.47. The van der Waals surface area contributed by atoms with E-state index in [0.29, 0.717) is 54.6 Å². The average Bonchev–Trinajstić information content (AvgIpc) is 3.23. The van der Waals surface area contributed by atoms with E-state index in [1.165, 1.54) is 4.90 Å². The Kier molecular flexibility index (Phi) is 9.84. The number of methoxy groups -OCH3 is 1. The number of aliphatic hydroxyl groups excluding tert-OH is 1. The molecule has 1 N–H and O–H groups in total. The zero-order valence-corrected chi connectivity index (χ0v) is 23.4. The van der Waals surface area contributed by atoms with Crippen LogP contribution in [0.2, 0.25) is 0 Å². The van der Waals surface area contributed by atoms with Crippen molar-refractivity contribution in [1.29, 1.82) is 0 Å². The number of nitrogens with zero attached hydrogens (tertiary/aromatic N) is 1. The second-order valence-electron chi connectivity index (χ2n) is 9.65. The Morgan fingerprint density at radius 2 is 1.70 bits per heavy atom. The van der Waals surface area contributed by atoms with Crippen molar-refractivity contribution in [3.8, 4) is 17.2 Å². The first-order chi connectivity index (χ1) is 19.5. The Balaban J connectivity index is 1.76. The number of benzene rings is 3. The van der Waals surface area contributed by atoms with E-state index < -0.39 is 17.7 Å². The maximum atomic E-state index is 13.5. The van der Waals surface area contributed by atoms with Crippen LogP contribution in [0, 0.1) is 0 Å². The summed E-state index contributed by atoms with van der Waals surface area (Å²) in [7, 11) is 1.56. The minimum atomic E-state index is -0.803. The van der Waals surface area contributed by atoms with Crippen molar-refractivity contribution in [2.24, 2.45) is 0 Å². The maximum absolute atomic E-state index is 13.5. The second kappa shape index (κ2) is 13.7. The van der Waals surface area contributed by atoms with E-state index in [2.05, 4.69) is 6.92 Å². The summed E-state index contributed by atoms with van der Waals surface area (Å²) in [5, 5.41) is 11.5. The number of carbonyl (C=O) groups is 2. The van der Waals surface area contributed by atoms with Crippen molar-refractivity contribution in [3.63, 3.8) is 0 Å². The standard InChI is InChI=1S/C33H37NO6/c1-4-6-10-20-40-27-17-16-24(22-28(27)38-3)30-29(31(35)25-14-11-15-26(21-25)39-5-2)32(36)33(37)34(30)19-18-23-12-8-7-9-13-23/h7-9,11-17,21-22,30,35H,4-6,10,18-20H2,1-3H3/b31-29+. The van der Waals surface area contributed by atoms with Gasteiger partial charge < -0.3 is 24.2 Å². The predicted octanol–water partition coefficient (Wildman–Crippen LogP) is 6.33. The Morgan fingerprint density at radius 3 is 2.42 bits per heavy atom. The SMILES string of the molecule is CCCCCOc1ccc(C2/C(=C(\O)c3cccc(OCC)c3)C(=O)C(=O)N2CCc2ccccc2)cc1OC. The van der Waals surface area contributed by atoms with Gasteiger partial charge >= 0.3 is 0 Å². The molecule has 40 heavy (non-hydrogen) atoms. The summed E-state index contributed by atoms with van der Waals surface area (Å²) in [6, 6.07) is 21.3. The van der Waals surface area contributed by atoms with Crippen molar-refractivity contribution in [2.75, 3.05) is 26.9 Å². The van der Waals surface area contributed by atoms with Crippen LogP contribution in [-0.4, -0.2) is 48.6 Å². The van der Waals surface area contributed by atoms with E-state index in [9.17, 15) is 14.7 Å². The van der Waals surface area contributed by atoms with Crippen molar-refractivity contribution in [2.45, 2.75) is 45.6 Å². The number of Topliss-reactive ketones (excluding diaryl/α,β-unsaturated/α-hetero) is 1. The number of likely N-dealkylation sites (tertiary alicyclic amines) is 1. The molecule has 1 atom stereocenters. The number of rotatable bonds is 13. The van der Waals surface area contributed by atoms with Gasteiger partial charge in [0, 0.05) is 12.1 Å². The van der Waals surface area contributed by atoms with Gasteiger partial charge in [-0.05, 0) is 55.2 Å². The van der Waals surface area contributed by atoms with E-state index in [-0.39, 0.29) is 11.3 Å². The van der Waals surface area contributed by atoms with Gasteiger partial charge in [0.2, 0.25) is 0 Å². The Hall–Kier alpha value is -4.26. The number of ketones is 1. The molecule has 1 saturated heterocycles. The highest BCUT2D eigenvalue weighted by Crippen LogP contribution is 2.42. The zero-order valence-electron chi connectivity index (χ0n) is 23.4. The molecule has 3 aromatic rings. The highest BCUT2D eigenvalue weighted by atomic mass is 16.5. The molecule has 1 amide bonds. The highest BCUT2D eigenvalue weighted by molar-refractivity contribution is 6.46. The van der Waals surface area contributed by atoms with Gasteiger partial charge in [-0.25, -0.2) is 0 Å². The molecule has 0 bridgehead atoms. The highest BCUT2D eigenvalue weighted by Gasteiger charge is 2.46. The van der Waals surface area contributed by atoms with Crippen LogP contribution in [0.3, 0.4) is 0 Å². The van der Waals surface area contributed by atoms with Crippen LogP contribution in [0.5, 0.6) is 17.2 Å². The van der Waals surface area contributed by atoms with Crippen LogP contribution in [-0.2, 0) is 16.0 Å². The minimum Gasteiger partial charge on any atom is -0.507 e. The molecule has 7 nitrogen and oxygen atoms in total. The monoisotopic (exact) mass is 543 g/mol. The number of ether oxygens (including phenoxy) is 3. The lowest BCUT2D eigenvalue weighted by molar-refractivity contribution is -0.139. The molecule has 1 fully saturated rings. The van der Waals surface area contributed by atoms with Gasteiger partial charge in [0.25, 0.3) is 11.7 Å². The third-order valence-electron chi connectivity index (χ3n) is 6.95. The number of hydrogen-bond acceptors (Lipinski definition) is 6. The van der Waals surface area contributed by atoms with Gasteiger partial charge in [-0.3, -0.25) is 9.59 Å². The van der Waals surface area contributed by atoms with Crippen LogP contribution < -0.4 is 14.2 Å². The van der Waals surface area contributed by atoms with Crippen molar-refractivity contribution >= 4 is 17.4 Å². The fraction of sp³-hybridized carbons (Fsp3) is 0.333. The summed E-state index contributed by atoms with van der Waals surface area (Å²) in [5.74, 6) is 0.0335. The van der Waals surface area contributed by atoms with E-state index in [4.69, 9.17) is 14.2 Å². The smallest absolute Gasteiger partial charge is 0.295 e. The van der Waals surface area contributed by atoms with Gasteiger partial charge in [0.05, 0.1) is 31.9 Å². The largest absolute Gasteiger partial charge is 0.507 e. The Labute approximate surface area is 236 Å². The predicted molar refractivity (Wildman–Crippen MR) is 155 cm³/mol. The fourth-order valence-corrected chi connectivity index (χ4v) is 4.91. The van der Waals surface area contributed by atoms with Crippen molar-refractivity contribution in [3.05, 3.63) is 95.1 Å². The molecule has 0 radical (unpaired) electrons. The average molecular weight is 544 g/mol. The van der Waals surface area contributed by atoms with Crippen LogP contribution in [0.4, 0.5) is 0 Å². The molecule has 0 saturated carbocycles. The van der Waals surface area contributed by atoms with Gasteiger partial charge in [-0.15, -0.1) is 0 Å². The molecule has 7 heteroatoms. The van der Waals surface area contributed by atoms with Crippen molar-refractivity contribution < 1.29 is 28.9 Å². The van der Waals surface area contributed by atoms with Gasteiger partial charge in [-0.1, -0.05) is 68.3 Å². The third-order valence-corrected chi connectivity index (χ3v) is 6.95. The first-order valence-electron chi connectivity index (χ1n) is 13.8. The number of unbranched alkanes of at least 4 members (excludes halogenated alkanes) is 2. The molecule has 1 aliphatic heterocycles. The number of amides is 1. The zero-order chi connectivity index (χ0) is 28.5. The summed E-state index contributed by atoms with van der Waals surface area (Å²) in [6.45, 7) is 5.33. The number of aliphatic hydroxyl groups is 1. The summed E-state index contributed by atoms with van der Waals surface area (Å²) < 4.78 is 17.2. The van der Waals surface area contributed by atoms with Crippen LogP contribution in [0.15, 0.2) is 78.4 Å². The Morgan fingerprint density at radius 1 is 0.900 bits per heavy atom. The molecule has 0 aliphatic carbocycles. The lowest BCUT2D eigenvalue weighted by atomic mass is 9.94. The summed E-state index contributed by atoms with van der Waals surface area (Å²) in [5.41, 5.74) is 2.12. The van der Waals surface area contributed by atoms with E-state index in [1.807, 2.05) is 43.3 Å². The Bertz CT molecular complexity index is 1350. The lowest BCUT2D eigenvalue weighted by Gasteiger charge is -2.26. The molecule has 0 spiro atoms. The maximum Gasteiger partial charge on any atom is 0.295 e. The molecule has 3 aromatic carbocycles. The molecule has 1 heterocycles. The quantitative estimate of drug-likeness (QED) is 0.117. The van der Waals surface area contributed by atoms with Crippen LogP contribution in [0.1, 0.15) is 55.8 Å². The molecule has 1 aliphatic rings. The fourth-order valence-electron chi connectivity index (χ4n) is 4.91. The van der Waals surface area contributed by atoms with Crippen molar-refractivity contribution in [1.82, 2.24) is 4.90 Å². The first-order valence-corrected chi connectivity index (χ1v) is 13.8. The number of carbonyl (C=O) groups excluding carboxylic acids is 2. The molecule has 1 unspecified atom stereocenters. The lowest BCUT2D eigenvalue weighted by Crippen LogP contribution is -2.31. The molecule has 4 rings (SSSR count). The van der Waals surface area contributed by atoms with Crippen LogP contribution in [0.25, 0.3) is 5.76 Å². The molecule has 0 aromatic heterocycles. The normalized spacial score (nSPS) is 16.3. The second-order valence-corrected chi connectivity index (χ2v) is 9.65. The van der Waals surface area contributed by atoms with E-state index >= 15 is 0 Å². The molecular weight excluding hydrogens is 506 g/mol. The van der Waals surface area contributed by atoms with Crippen LogP contribution >= 0.6 is 0 Å². The van der Waals surface area contributed by atoms with Gasteiger partial charge in [0.15, 0.2) is 11.5 Å². The summed E-state index contributed by atoms with van der Waals surface area (Å²) in [4.78, 5) is 28.4. The first kappa shape index (κ1) is 28.7. The topological polar surface area (TPSA) is 85.3 Å². The number of hydrogen-bond donors (Lipinski definition) is 1. The summed E-state index contributed by atoms with van der Waals surface area (Å²) in [6.07, 6.45) is 3.65. The molecule has 210 valence electrons. The van der Waals surface area contributed by atoms with Gasteiger partial charge in [0.1, 0.15) is 11.5 Å². The van der Waals surface area contributed by atoms with Gasteiger partial charge in [-0.2, -0.15) is 0 Å². The minimum absolute atomic E-state index is 0.0328. The van der Waals surface area contributed by atoms with E-state index in [0.717, 1.165) is 24.8 Å². The molecular formula is C33H37NO6. The van der Waals surface area contributed by atoms with E-state index in [1.54, 1.807) is 43.5 Å². The summed E-state index contributed by atoms with van der Waals surface area (Å²) >= 11 is 0.